The molecule has 5 heteroatoms. The summed E-state index contributed by atoms with van der Waals surface area (Å²) < 4.78 is 0. The molecule has 1 aromatic carbocycles. The van der Waals surface area contributed by atoms with E-state index in [-0.39, 0.29) is 24.3 Å². The first-order chi connectivity index (χ1) is 10.1. The average Bonchev–Trinajstić information content (AvgIpc) is 2.90. The highest BCUT2D eigenvalue weighted by molar-refractivity contribution is 5.80. The van der Waals surface area contributed by atoms with Crippen LogP contribution in [0.3, 0.4) is 0 Å². The van der Waals surface area contributed by atoms with Crippen molar-refractivity contribution in [2.45, 2.75) is 25.8 Å². The molecule has 21 heavy (non-hydrogen) atoms. The van der Waals surface area contributed by atoms with Gasteiger partial charge < -0.3 is 15.7 Å². The van der Waals surface area contributed by atoms with Crippen molar-refractivity contribution in [2.75, 3.05) is 13.1 Å². The van der Waals surface area contributed by atoms with Gasteiger partial charge in [-0.15, -0.1) is 0 Å². The predicted octanol–water partition coefficient (Wildman–Crippen LogP) is 1.56. The molecule has 114 valence electrons. The van der Waals surface area contributed by atoms with Crippen molar-refractivity contribution in [3.63, 3.8) is 0 Å². The molecule has 1 heterocycles. The minimum atomic E-state index is -0.846. The molecule has 1 aromatic rings. The number of rotatable bonds is 6. The highest BCUT2D eigenvalue weighted by Gasteiger charge is 2.30. The van der Waals surface area contributed by atoms with Gasteiger partial charge in [0.2, 0.25) is 5.91 Å². The van der Waals surface area contributed by atoms with Crippen LogP contribution in [0, 0.1) is 11.8 Å². The number of hydrogen-bond acceptors (Lipinski definition) is 3. The second kappa shape index (κ2) is 7.22. The molecule has 0 saturated carbocycles. The maximum atomic E-state index is 12.4. The molecule has 3 N–H and O–H groups in total. The Kier molecular flexibility index (Phi) is 5.33. The summed E-state index contributed by atoms with van der Waals surface area (Å²) >= 11 is 0. The van der Waals surface area contributed by atoms with Crippen LogP contribution in [0.4, 0.5) is 0 Å². The monoisotopic (exact) mass is 290 g/mol. The Morgan fingerprint density at radius 3 is 2.62 bits per heavy atom. The Morgan fingerprint density at radius 1 is 1.33 bits per heavy atom. The highest BCUT2D eigenvalue weighted by Crippen LogP contribution is 2.22. The number of carbonyl (C=O) groups is 2. The zero-order valence-corrected chi connectivity index (χ0v) is 12.2. The van der Waals surface area contributed by atoms with Crippen LogP contribution in [0.2, 0.25) is 0 Å². The van der Waals surface area contributed by atoms with Gasteiger partial charge in [-0.05, 0) is 24.4 Å². The van der Waals surface area contributed by atoms with E-state index >= 15 is 0 Å². The third kappa shape index (κ3) is 4.29. The molecular weight excluding hydrogens is 268 g/mol. The van der Waals surface area contributed by atoms with Crippen molar-refractivity contribution in [2.24, 2.45) is 11.8 Å². The van der Waals surface area contributed by atoms with Crippen molar-refractivity contribution in [3.05, 3.63) is 35.9 Å². The second-order valence-corrected chi connectivity index (χ2v) is 5.65. The zero-order valence-electron chi connectivity index (χ0n) is 12.2. The summed E-state index contributed by atoms with van der Waals surface area (Å²) in [5.41, 5.74) is 0.950. The number of nitrogens with one attached hydrogen (secondary N) is 2. The van der Waals surface area contributed by atoms with Crippen LogP contribution in [-0.2, 0) is 9.59 Å². The SMILES string of the molecule is C[C@@H]1CNC[C@H]1C(=O)NC(CCC(=O)O)c1ccccc1. The lowest BCUT2D eigenvalue weighted by Crippen LogP contribution is -2.37. The van der Waals surface area contributed by atoms with Gasteiger partial charge in [0.25, 0.3) is 0 Å². The number of benzene rings is 1. The van der Waals surface area contributed by atoms with Gasteiger partial charge in [-0.2, -0.15) is 0 Å². The van der Waals surface area contributed by atoms with E-state index in [9.17, 15) is 9.59 Å². The first-order valence-electron chi connectivity index (χ1n) is 7.35. The lowest BCUT2D eigenvalue weighted by molar-refractivity contribution is -0.137. The summed E-state index contributed by atoms with van der Waals surface area (Å²) in [6, 6.07) is 9.29. The Bertz CT molecular complexity index is 490. The smallest absolute Gasteiger partial charge is 0.303 e. The summed E-state index contributed by atoms with van der Waals surface area (Å²) in [4.78, 5) is 23.2. The molecule has 1 amide bonds. The van der Waals surface area contributed by atoms with E-state index in [0.29, 0.717) is 18.9 Å². The van der Waals surface area contributed by atoms with E-state index in [2.05, 4.69) is 17.6 Å². The molecule has 3 atom stereocenters. The maximum Gasteiger partial charge on any atom is 0.303 e. The summed E-state index contributed by atoms with van der Waals surface area (Å²) in [5.74, 6) is -0.574. The van der Waals surface area contributed by atoms with Crippen LogP contribution in [0.25, 0.3) is 0 Å². The molecule has 1 saturated heterocycles. The van der Waals surface area contributed by atoms with E-state index in [0.717, 1.165) is 12.1 Å². The lowest BCUT2D eigenvalue weighted by Gasteiger charge is -2.22. The zero-order chi connectivity index (χ0) is 15.2. The minimum Gasteiger partial charge on any atom is -0.481 e. The van der Waals surface area contributed by atoms with E-state index in [1.165, 1.54) is 0 Å². The Labute approximate surface area is 124 Å². The fourth-order valence-corrected chi connectivity index (χ4v) is 2.72. The topological polar surface area (TPSA) is 78.4 Å². The molecule has 0 bridgehead atoms. The Balaban J connectivity index is 2.04. The standard InChI is InChI=1S/C16H22N2O3/c1-11-9-17-10-13(11)16(21)18-14(7-8-15(19)20)12-5-3-2-4-6-12/h2-6,11,13-14,17H,7-10H2,1H3,(H,18,21)(H,19,20)/t11-,13-,14?/m1/s1. The van der Waals surface area contributed by atoms with Crippen LogP contribution < -0.4 is 10.6 Å². The van der Waals surface area contributed by atoms with Crippen molar-refractivity contribution >= 4 is 11.9 Å². The molecule has 0 spiro atoms. The van der Waals surface area contributed by atoms with Crippen LogP contribution in [-0.4, -0.2) is 30.1 Å². The summed E-state index contributed by atoms with van der Waals surface area (Å²) in [6.07, 6.45) is 0.442. The number of carbonyl (C=O) groups excluding carboxylic acids is 1. The third-order valence-corrected chi connectivity index (χ3v) is 4.02. The van der Waals surface area contributed by atoms with Gasteiger partial charge >= 0.3 is 5.97 Å². The van der Waals surface area contributed by atoms with Crippen LogP contribution in [0.1, 0.15) is 31.4 Å². The molecule has 0 aromatic heterocycles. The number of aliphatic carboxylic acids is 1. The molecule has 1 fully saturated rings. The Morgan fingerprint density at radius 2 is 2.05 bits per heavy atom. The number of carboxylic acids is 1. The van der Waals surface area contributed by atoms with Crippen molar-refractivity contribution in [3.8, 4) is 0 Å². The van der Waals surface area contributed by atoms with Gasteiger partial charge in [0.15, 0.2) is 0 Å². The average molecular weight is 290 g/mol. The summed E-state index contributed by atoms with van der Waals surface area (Å²) in [6.45, 7) is 3.59. The molecule has 0 radical (unpaired) electrons. The van der Waals surface area contributed by atoms with Gasteiger partial charge in [-0.3, -0.25) is 9.59 Å². The van der Waals surface area contributed by atoms with Crippen molar-refractivity contribution in [1.82, 2.24) is 10.6 Å². The number of carboxylic acid groups (broad SMARTS) is 1. The lowest BCUT2D eigenvalue weighted by atomic mass is 9.95. The number of hydrogen-bond donors (Lipinski definition) is 3. The van der Waals surface area contributed by atoms with Gasteiger partial charge in [0, 0.05) is 13.0 Å². The number of amides is 1. The minimum absolute atomic E-state index is 0.00624. The van der Waals surface area contributed by atoms with E-state index < -0.39 is 5.97 Å². The van der Waals surface area contributed by atoms with E-state index in [4.69, 9.17) is 5.11 Å². The maximum absolute atomic E-state index is 12.4. The molecule has 2 rings (SSSR count). The summed E-state index contributed by atoms with van der Waals surface area (Å²) in [7, 11) is 0. The van der Waals surface area contributed by atoms with E-state index in [1.807, 2.05) is 30.3 Å². The van der Waals surface area contributed by atoms with E-state index in [1.54, 1.807) is 0 Å². The van der Waals surface area contributed by atoms with Crippen molar-refractivity contribution in [1.29, 1.82) is 0 Å². The third-order valence-electron chi connectivity index (χ3n) is 4.02. The largest absolute Gasteiger partial charge is 0.481 e. The molecular formula is C16H22N2O3. The van der Waals surface area contributed by atoms with Crippen molar-refractivity contribution < 1.29 is 14.7 Å². The molecule has 1 aliphatic rings. The van der Waals surface area contributed by atoms with Crippen LogP contribution >= 0.6 is 0 Å². The van der Waals surface area contributed by atoms with Crippen LogP contribution in [0.5, 0.6) is 0 Å². The first kappa shape index (κ1) is 15.5. The fraction of sp³-hybridized carbons (Fsp3) is 0.500. The fourth-order valence-electron chi connectivity index (χ4n) is 2.72. The molecule has 5 nitrogen and oxygen atoms in total. The highest BCUT2D eigenvalue weighted by atomic mass is 16.4. The van der Waals surface area contributed by atoms with Gasteiger partial charge in [-0.1, -0.05) is 37.3 Å². The molecule has 0 aliphatic carbocycles. The predicted molar refractivity (Wildman–Crippen MR) is 79.7 cm³/mol. The van der Waals surface area contributed by atoms with Gasteiger partial charge in [0.05, 0.1) is 12.0 Å². The van der Waals surface area contributed by atoms with Gasteiger partial charge in [-0.25, -0.2) is 0 Å². The second-order valence-electron chi connectivity index (χ2n) is 5.65. The van der Waals surface area contributed by atoms with Gasteiger partial charge in [0.1, 0.15) is 0 Å². The quantitative estimate of drug-likeness (QED) is 0.743. The van der Waals surface area contributed by atoms with Crippen LogP contribution in [0.15, 0.2) is 30.3 Å². The Hall–Kier alpha value is -1.88. The normalized spacial score (nSPS) is 22.7. The first-order valence-corrected chi connectivity index (χ1v) is 7.35. The molecule has 1 unspecified atom stereocenters. The summed E-state index contributed by atoms with van der Waals surface area (Å²) in [5, 5.41) is 15.1. The molecule has 1 aliphatic heterocycles.